The molecular formula is C13H13N3O2S. The van der Waals surface area contributed by atoms with Crippen molar-refractivity contribution in [3.8, 4) is 0 Å². The molecule has 0 bridgehead atoms. The van der Waals surface area contributed by atoms with Crippen molar-refractivity contribution in [1.29, 1.82) is 0 Å². The molecule has 0 aliphatic heterocycles. The number of carboxylic acid groups (broad SMARTS) is 1. The van der Waals surface area contributed by atoms with Gasteiger partial charge >= 0.3 is 5.97 Å². The number of hydrogen-bond donors (Lipinski definition) is 2. The molecule has 1 aromatic carbocycles. The van der Waals surface area contributed by atoms with Crippen LogP contribution >= 0.6 is 11.8 Å². The van der Waals surface area contributed by atoms with Gasteiger partial charge in [-0.25, -0.2) is 9.78 Å². The molecule has 0 atom stereocenters. The number of rotatable bonds is 5. The first kappa shape index (κ1) is 13.4. The lowest BCUT2D eigenvalue weighted by Crippen LogP contribution is -1.86. The second-order valence-electron chi connectivity index (χ2n) is 3.91. The molecule has 2 aromatic rings. The number of aromatic amines is 1. The Morgan fingerprint density at radius 2 is 2.16 bits per heavy atom. The van der Waals surface area contributed by atoms with Crippen LogP contribution in [-0.2, 0) is 10.5 Å². The fourth-order valence-electron chi connectivity index (χ4n) is 1.43. The van der Waals surface area contributed by atoms with Crippen molar-refractivity contribution in [2.24, 2.45) is 0 Å². The van der Waals surface area contributed by atoms with Crippen LogP contribution in [0.5, 0.6) is 0 Å². The molecule has 0 saturated heterocycles. The Labute approximate surface area is 114 Å². The SMILES string of the molecule is Cc1nc(SCc2ccc(/C=C/C(=O)O)cc2)n[nH]1. The predicted octanol–water partition coefficient (Wildman–Crippen LogP) is 2.50. The molecule has 98 valence electrons. The fraction of sp³-hybridized carbons (Fsp3) is 0.154. The topological polar surface area (TPSA) is 78.9 Å². The van der Waals surface area contributed by atoms with Crippen LogP contribution in [0.4, 0.5) is 0 Å². The summed E-state index contributed by atoms with van der Waals surface area (Å²) in [6.45, 7) is 1.86. The van der Waals surface area contributed by atoms with Crippen molar-refractivity contribution < 1.29 is 9.90 Å². The van der Waals surface area contributed by atoms with Crippen LogP contribution in [0.25, 0.3) is 6.08 Å². The quantitative estimate of drug-likeness (QED) is 0.647. The molecule has 0 aliphatic carbocycles. The van der Waals surface area contributed by atoms with Crippen molar-refractivity contribution in [1.82, 2.24) is 15.2 Å². The van der Waals surface area contributed by atoms with E-state index in [4.69, 9.17) is 5.11 Å². The third-order valence-electron chi connectivity index (χ3n) is 2.34. The minimum absolute atomic E-state index is 0.729. The summed E-state index contributed by atoms with van der Waals surface area (Å²) in [6, 6.07) is 7.71. The summed E-state index contributed by atoms with van der Waals surface area (Å²) < 4.78 is 0. The molecule has 5 nitrogen and oxygen atoms in total. The molecular weight excluding hydrogens is 262 g/mol. The first-order valence-electron chi connectivity index (χ1n) is 5.65. The van der Waals surface area contributed by atoms with Crippen LogP contribution in [-0.4, -0.2) is 26.3 Å². The average molecular weight is 275 g/mol. The van der Waals surface area contributed by atoms with Crippen molar-refractivity contribution in [2.45, 2.75) is 17.8 Å². The van der Waals surface area contributed by atoms with Crippen LogP contribution < -0.4 is 0 Å². The number of thioether (sulfide) groups is 1. The van der Waals surface area contributed by atoms with Crippen molar-refractivity contribution in [2.75, 3.05) is 0 Å². The van der Waals surface area contributed by atoms with E-state index in [1.807, 2.05) is 31.2 Å². The van der Waals surface area contributed by atoms with Gasteiger partial charge in [0.05, 0.1) is 0 Å². The number of aromatic nitrogens is 3. The Balaban J connectivity index is 1.93. The van der Waals surface area contributed by atoms with E-state index in [0.717, 1.165) is 33.9 Å². The van der Waals surface area contributed by atoms with Gasteiger partial charge in [0.25, 0.3) is 0 Å². The van der Waals surface area contributed by atoms with Gasteiger partial charge in [-0.1, -0.05) is 36.0 Å². The molecule has 0 radical (unpaired) electrons. The standard InChI is InChI=1S/C13H13N3O2S/c1-9-14-13(16-15-9)19-8-11-4-2-10(3-5-11)6-7-12(17)18/h2-7H,8H2,1H3,(H,17,18)(H,14,15,16)/b7-6+. The molecule has 2 N–H and O–H groups in total. The minimum atomic E-state index is -0.945. The van der Waals surface area contributed by atoms with Crippen LogP contribution in [0.1, 0.15) is 17.0 Å². The van der Waals surface area contributed by atoms with E-state index in [2.05, 4.69) is 15.2 Å². The summed E-state index contributed by atoms with van der Waals surface area (Å²) in [4.78, 5) is 14.6. The lowest BCUT2D eigenvalue weighted by Gasteiger charge is -1.99. The number of nitrogens with zero attached hydrogens (tertiary/aromatic N) is 2. The van der Waals surface area contributed by atoms with Crippen molar-refractivity contribution in [3.63, 3.8) is 0 Å². The van der Waals surface area contributed by atoms with Gasteiger partial charge in [0.1, 0.15) is 5.82 Å². The van der Waals surface area contributed by atoms with Gasteiger partial charge in [-0.2, -0.15) is 0 Å². The molecule has 6 heteroatoms. The average Bonchev–Trinajstić information content (AvgIpc) is 2.81. The summed E-state index contributed by atoms with van der Waals surface area (Å²) in [5, 5.41) is 16.1. The Kier molecular flexibility index (Phi) is 4.35. The first-order valence-corrected chi connectivity index (χ1v) is 6.64. The van der Waals surface area contributed by atoms with Gasteiger partial charge in [0.2, 0.25) is 5.16 Å². The lowest BCUT2D eigenvalue weighted by atomic mass is 10.1. The zero-order chi connectivity index (χ0) is 13.7. The summed E-state index contributed by atoms with van der Waals surface area (Å²) in [6.07, 6.45) is 2.69. The second-order valence-corrected chi connectivity index (χ2v) is 4.85. The molecule has 19 heavy (non-hydrogen) atoms. The monoisotopic (exact) mass is 275 g/mol. The van der Waals surface area contributed by atoms with Gasteiger partial charge in [0.15, 0.2) is 0 Å². The molecule has 1 aromatic heterocycles. The third kappa shape index (κ3) is 4.26. The molecule has 0 unspecified atom stereocenters. The molecule has 1 heterocycles. The first-order chi connectivity index (χ1) is 9.13. The van der Waals surface area contributed by atoms with E-state index >= 15 is 0 Å². The third-order valence-corrected chi connectivity index (χ3v) is 3.26. The molecule has 0 spiro atoms. The van der Waals surface area contributed by atoms with Gasteiger partial charge in [-0.15, -0.1) is 5.10 Å². The van der Waals surface area contributed by atoms with Gasteiger partial charge < -0.3 is 5.11 Å². The Hall–Kier alpha value is -2.08. The molecule has 0 saturated carbocycles. The summed E-state index contributed by atoms with van der Waals surface area (Å²) in [7, 11) is 0. The molecule has 0 amide bonds. The number of H-pyrrole nitrogens is 1. The van der Waals surface area contributed by atoms with Gasteiger partial charge in [-0.05, 0) is 24.1 Å². The Morgan fingerprint density at radius 1 is 1.42 bits per heavy atom. The highest BCUT2D eigenvalue weighted by Crippen LogP contribution is 2.19. The van der Waals surface area contributed by atoms with E-state index in [9.17, 15) is 4.79 Å². The number of benzene rings is 1. The number of carboxylic acids is 1. The number of hydrogen-bond acceptors (Lipinski definition) is 4. The Bertz CT molecular complexity index is 590. The smallest absolute Gasteiger partial charge is 0.328 e. The highest BCUT2D eigenvalue weighted by molar-refractivity contribution is 7.98. The predicted molar refractivity (Wildman–Crippen MR) is 73.8 cm³/mol. The summed E-state index contributed by atoms with van der Waals surface area (Å²) in [5.41, 5.74) is 2.00. The largest absolute Gasteiger partial charge is 0.478 e. The highest BCUT2D eigenvalue weighted by atomic mass is 32.2. The van der Waals surface area contributed by atoms with Crippen molar-refractivity contribution in [3.05, 3.63) is 47.3 Å². The highest BCUT2D eigenvalue weighted by Gasteiger charge is 2.01. The maximum Gasteiger partial charge on any atom is 0.328 e. The van der Waals surface area contributed by atoms with E-state index in [0.29, 0.717) is 0 Å². The summed E-state index contributed by atoms with van der Waals surface area (Å²) >= 11 is 1.55. The maximum absolute atomic E-state index is 10.4. The maximum atomic E-state index is 10.4. The fourth-order valence-corrected chi connectivity index (χ4v) is 2.23. The zero-order valence-electron chi connectivity index (χ0n) is 10.3. The number of carbonyl (C=O) groups is 1. The minimum Gasteiger partial charge on any atom is -0.478 e. The van der Waals surface area contributed by atoms with Crippen LogP contribution in [0.15, 0.2) is 35.5 Å². The number of aliphatic carboxylic acids is 1. The van der Waals surface area contributed by atoms with Crippen molar-refractivity contribution >= 4 is 23.8 Å². The normalized spacial score (nSPS) is 11.0. The number of aryl methyl sites for hydroxylation is 1. The van der Waals surface area contributed by atoms with E-state index < -0.39 is 5.97 Å². The van der Waals surface area contributed by atoms with E-state index in [1.165, 1.54) is 0 Å². The summed E-state index contributed by atoms with van der Waals surface area (Å²) in [5.74, 6) is 0.636. The second kappa shape index (κ2) is 6.19. The molecule has 0 fully saturated rings. The Morgan fingerprint density at radius 3 is 2.74 bits per heavy atom. The zero-order valence-corrected chi connectivity index (χ0v) is 11.1. The van der Waals surface area contributed by atoms with Gasteiger partial charge in [0, 0.05) is 11.8 Å². The van der Waals surface area contributed by atoms with Gasteiger partial charge in [-0.3, -0.25) is 5.10 Å². The molecule has 2 rings (SSSR count). The van der Waals surface area contributed by atoms with Crippen LogP contribution in [0, 0.1) is 6.92 Å². The van der Waals surface area contributed by atoms with Crippen LogP contribution in [0.2, 0.25) is 0 Å². The number of nitrogens with one attached hydrogen (secondary N) is 1. The van der Waals surface area contributed by atoms with E-state index in [1.54, 1.807) is 17.8 Å². The van der Waals surface area contributed by atoms with Crippen LogP contribution in [0.3, 0.4) is 0 Å². The van der Waals surface area contributed by atoms with E-state index in [-0.39, 0.29) is 0 Å². The molecule has 0 aliphatic rings. The lowest BCUT2D eigenvalue weighted by molar-refractivity contribution is -0.131.